The molecule has 3 rings (SSSR count). The van der Waals surface area contributed by atoms with E-state index in [0.29, 0.717) is 23.6 Å². The molecule has 0 amide bonds. The minimum Gasteiger partial charge on any atom is -0.497 e. The fraction of sp³-hybridized carbons (Fsp3) is 0.318. The van der Waals surface area contributed by atoms with Gasteiger partial charge in [0, 0.05) is 12.5 Å². The van der Waals surface area contributed by atoms with Crippen molar-refractivity contribution in [2.45, 2.75) is 39.4 Å². The highest BCUT2D eigenvalue weighted by Crippen LogP contribution is 2.27. The number of nitrogens with zero attached hydrogens (tertiary/aromatic N) is 3. The predicted octanol–water partition coefficient (Wildman–Crippen LogP) is 3.80. The average Bonchev–Trinajstić information content (AvgIpc) is 3.13. The van der Waals surface area contributed by atoms with E-state index in [-0.39, 0.29) is 30.7 Å². The Morgan fingerprint density at radius 3 is 2.71 bits per heavy atom. The number of halogens is 1. The lowest BCUT2D eigenvalue weighted by Gasteiger charge is -2.14. The Labute approximate surface area is 179 Å². The molecule has 31 heavy (non-hydrogen) atoms. The van der Waals surface area contributed by atoms with Gasteiger partial charge >= 0.3 is 5.97 Å². The number of ether oxygens (including phenoxy) is 3. The number of carboxylic acid groups (broad SMARTS) is 1. The summed E-state index contributed by atoms with van der Waals surface area (Å²) in [7, 11) is 1.49. The van der Waals surface area contributed by atoms with Gasteiger partial charge in [0.25, 0.3) is 0 Å². The molecule has 0 unspecified atom stereocenters. The van der Waals surface area contributed by atoms with E-state index in [0.717, 1.165) is 5.56 Å². The highest BCUT2D eigenvalue weighted by molar-refractivity contribution is 5.67. The molecule has 1 N–H and O–H groups in total. The normalized spacial score (nSPS) is 10.9. The maximum Gasteiger partial charge on any atom is 0.303 e. The molecule has 8 nitrogen and oxygen atoms in total. The van der Waals surface area contributed by atoms with E-state index in [4.69, 9.17) is 19.3 Å². The molecule has 0 aliphatic heterocycles. The topological polar surface area (TPSA) is 95.7 Å². The third-order valence-electron chi connectivity index (χ3n) is 4.32. The first-order chi connectivity index (χ1) is 14.9. The Balaban J connectivity index is 1.84. The standard InChI is InChI=1S/C22H24FN3O5/c1-14(2)31-22-19(13-30-17-6-4-5-15(11-17)7-10-21(27)28)24-25-26(22)20-12-16(29-3)8-9-18(20)23/h4-6,8-9,11-12,14H,7,10,13H2,1-3H3,(H,27,28). The lowest BCUT2D eigenvalue weighted by Crippen LogP contribution is -2.12. The van der Waals surface area contributed by atoms with Gasteiger partial charge in [-0.1, -0.05) is 17.3 Å². The van der Waals surface area contributed by atoms with E-state index in [2.05, 4.69) is 10.3 Å². The van der Waals surface area contributed by atoms with Crippen LogP contribution in [-0.2, 0) is 17.8 Å². The van der Waals surface area contributed by atoms with Crippen LogP contribution in [0.3, 0.4) is 0 Å². The largest absolute Gasteiger partial charge is 0.497 e. The van der Waals surface area contributed by atoms with Crippen LogP contribution in [0.1, 0.15) is 31.5 Å². The Bertz CT molecular complexity index is 1050. The van der Waals surface area contributed by atoms with Crippen LogP contribution in [0.2, 0.25) is 0 Å². The number of carbonyl (C=O) groups is 1. The lowest BCUT2D eigenvalue weighted by molar-refractivity contribution is -0.136. The first-order valence-electron chi connectivity index (χ1n) is 9.76. The molecule has 0 bridgehead atoms. The molecule has 1 heterocycles. The lowest BCUT2D eigenvalue weighted by atomic mass is 10.1. The molecule has 0 saturated carbocycles. The van der Waals surface area contributed by atoms with Crippen LogP contribution in [0.4, 0.5) is 4.39 Å². The van der Waals surface area contributed by atoms with Crippen molar-refractivity contribution in [3.63, 3.8) is 0 Å². The minimum atomic E-state index is -0.858. The summed E-state index contributed by atoms with van der Waals surface area (Å²) in [6, 6.07) is 11.5. The number of hydrogen-bond donors (Lipinski definition) is 1. The van der Waals surface area contributed by atoms with Crippen LogP contribution in [0.25, 0.3) is 5.69 Å². The monoisotopic (exact) mass is 429 g/mol. The Hall–Kier alpha value is -3.62. The molecule has 0 fully saturated rings. The molecule has 1 aromatic heterocycles. The highest BCUT2D eigenvalue weighted by atomic mass is 19.1. The molecular weight excluding hydrogens is 405 g/mol. The Morgan fingerprint density at radius 1 is 1.19 bits per heavy atom. The summed E-state index contributed by atoms with van der Waals surface area (Å²) >= 11 is 0. The summed E-state index contributed by atoms with van der Waals surface area (Å²) in [4.78, 5) is 10.8. The van der Waals surface area contributed by atoms with Gasteiger partial charge in [-0.3, -0.25) is 4.79 Å². The second-order valence-corrected chi connectivity index (χ2v) is 7.07. The van der Waals surface area contributed by atoms with Gasteiger partial charge in [0.05, 0.1) is 13.2 Å². The van der Waals surface area contributed by atoms with E-state index in [1.54, 1.807) is 18.2 Å². The van der Waals surface area contributed by atoms with Gasteiger partial charge in [0.15, 0.2) is 5.69 Å². The summed E-state index contributed by atoms with van der Waals surface area (Å²) in [6.07, 6.45) is 0.236. The zero-order valence-electron chi connectivity index (χ0n) is 17.5. The molecule has 0 saturated heterocycles. The molecule has 0 atom stereocenters. The van der Waals surface area contributed by atoms with Crippen LogP contribution in [0.5, 0.6) is 17.4 Å². The van der Waals surface area contributed by atoms with E-state index >= 15 is 0 Å². The summed E-state index contributed by atoms with van der Waals surface area (Å²) in [5.41, 5.74) is 1.39. The number of aromatic nitrogens is 3. The van der Waals surface area contributed by atoms with Crippen molar-refractivity contribution in [2.24, 2.45) is 0 Å². The fourth-order valence-electron chi connectivity index (χ4n) is 2.87. The van der Waals surface area contributed by atoms with Gasteiger partial charge in [0.2, 0.25) is 5.88 Å². The molecule has 0 aliphatic rings. The fourth-order valence-corrected chi connectivity index (χ4v) is 2.87. The third-order valence-corrected chi connectivity index (χ3v) is 4.32. The number of carboxylic acids is 1. The number of rotatable bonds is 10. The van der Waals surface area contributed by atoms with Gasteiger partial charge in [-0.15, -0.1) is 5.10 Å². The highest BCUT2D eigenvalue weighted by Gasteiger charge is 2.20. The molecule has 2 aromatic carbocycles. The average molecular weight is 429 g/mol. The van der Waals surface area contributed by atoms with E-state index in [1.807, 2.05) is 19.9 Å². The zero-order valence-corrected chi connectivity index (χ0v) is 17.5. The Morgan fingerprint density at radius 2 is 2.00 bits per heavy atom. The molecule has 0 radical (unpaired) electrons. The van der Waals surface area contributed by atoms with Crippen molar-refractivity contribution >= 4 is 5.97 Å². The second-order valence-electron chi connectivity index (χ2n) is 7.07. The molecule has 164 valence electrons. The van der Waals surface area contributed by atoms with E-state index in [1.165, 1.54) is 30.0 Å². The molecular formula is C22H24FN3O5. The third kappa shape index (κ3) is 5.71. The number of aryl methyl sites for hydroxylation is 1. The first kappa shape index (κ1) is 22.1. The SMILES string of the molecule is COc1ccc(F)c(-n2nnc(COc3cccc(CCC(=O)O)c3)c2OC(C)C)c1. The smallest absolute Gasteiger partial charge is 0.303 e. The van der Waals surface area contributed by atoms with Crippen LogP contribution in [0.15, 0.2) is 42.5 Å². The number of methoxy groups -OCH3 is 1. The van der Waals surface area contributed by atoms with Crippen LogP contribution in [-0.4, -0.2) is 39.3 Å². The number of benzene rings is 2. The second kappa shape index (κ2) is 9.92. The minimum absolute atomic E-state index is 0.0377. The van der Waals surface area contributed by atoms with Crippen molar-refractivity contribution in [1.82, 2.24) is 15.0 Å². The van der Waals surface area contributed by atoms with Crippen molar-refractivity contribution in [1.29, 1.82) is 0 Å². The van der Waals surface area contributed by atoms with E-state index in [9.17, 15) is 9.18 Å². The van der Waals surface area contributed by atoms with Crippen molar-refractivity contribution in [2.75, 3.05) is 7.11 Å². The maximum absolute atomic E-state index is 14.5. The van der Waals surface area contributed by atoms with Crippen molar-refractivity contribution in [3.8, 4) is 23.1 Å². The quantitative estimate of drug-likeness (QED) is 0.524. The summed E-state index contributed by atoms with van der Waals surface area (Å²) in [5, 5.41) is 17.0. The first-order valence-corrected chi connectivity index (χ1v) is 9.76. The van der Waals surface area contributed by atoms with Gasteiger partial charge in [-0.25, -0.2) is 4.39 Å². The summed E-state index contributed by atoms with van der Waals surface area (Å²) in [6.45, 7) is 3.72. The predicted molar refractivity (Wildman–Crippen MR) is 110 cm³/mol. The molecule has 0 spiro atoms. The van der Waals surface area contributed by atoms with Gasteiger partial charge in [-0.2, -0.15) is 4.68 Å². The van der Waals surface area contributed by atoms with Gasteiger partial charge in [-0.05, 0) is 50.1 Å². The maximum atomic E-state index is 14.5. The van der Waals surface area contributed by atoms with Crippen molar-refractivity contribution < 1.29 is 28.5 Å². The van der Waals surface area contributed by atoms with Crippen LogP contribution in [0, 0.1) is 5.82 Å². The summed E-state index contributed by atoms with van der Waals surface area (Å²) < 4.78 is 32.6. The van der Waals surface area contributed by atoms with Crippen LogP contribution >= 0.6 is 0 Å². The molecule has 9 heteroatoms. The zero-order chi connectivity index (χ0) is 22.4. The van der Waals surface area contributed by atoms with Gasteiger partial charge in [0.1, 0.15) is 29.6 Å². The van der Waals surface area contributed by atoms with Crippen molar-refractivity contribution in [3.05, 3.63) is 59.5 Å². The van der Waals surface area contributed by atoms with Crippen LogP contribution < -0.4 is 14.2 Å². The van der Waals surface area contributed by atoms with Gasteiger partial charge < -0.3 is 19.3 Å². The van der Waals surface area contributed by atoms with E-state index < -0.39 is 11.8 Å². The Kier molecular flexibility index (Phi) is 7.07. The summed E-state index contributed by atoms with van der Waals surface area (Å²) in [5.74, 6) is -0.0656. The molecule has 3 aromatic rings. The number of aliphatic carboxylic acids is 1. The number of hydrogen-bond acceptors (Lipinski definition) is 6. The molecule has 0 aliphatic carbocycles.